The summed E-state index contributed by atoms with van der Waals surface area (Å²) in [6.07, 6.45) is 0. The highest BCUT2D eigenvalue weighted by atomic mass is 32.1. The Labute approximate surface area is 102 Å². The van der Waals surface area contributed by atoms with E-state index in [9.17, 15) is 14.4 Å². The van der Waals surface area contributed by atoms with Gasteiger partial charge in [-0.1, -0.05) is 0 Å². The van der Waals surface area contributed by atoms with Gasteiger partial charge in [0, 0.05) is 26.2 Å². The van der Waals surface area contributed by atoms with E-state index in [4.69, 9.17) is 0 Å². The molecule has 0 aliphatic rings. The summed E-state index contributed by atoms with van der Waals surface area (Å²) in [7, 11) is 0. The minimum Gasteiger partial charge on any atom is -0.273 e. The molecule has 1 heterocycles. The molecule has 0 saturated heterocycles. The van der Waals surface area contributed by atoms with E-state index in [0.717, 1.165) is 5.01 Å². The molecule has 0 atom stereocenters. The van der Waals surface area contributed by atoms with Crippen molar-refractivity contribution in [3.63, 3.8) is 0 Å². The second-order valence-corrected chi connectivity index (χ2v) is 4.29. The Morgan fingerprint density at radius 1 is 1.24 bits per heavy atom. The van der Waals surface area contributed by atoms with Crippen molar-refractivity contribution < 1.29 is 14.4 Å². The molecule has 6 nitrogen and oxygen atoms in total. The highest BCUT2D eigenvalue weighted by Crippen LogP contribution is 2.02. The van der Waals surface area contributed by atoms with E-state index < -0.39 is 11.8 Å². The molecule has 0 spiro atoms. The maximum Gasteiger partial charge on any atom is 0.245 e. The predicted octanol–water partition coefficient (Wildman–Crippen LogP) is 0.336. The smallest absolute Gasteiger partial charge is 0.245 e. The van der Waals surface area contributed by atoms with Crippen LogP contribution in [0, 0.1) is 6.92 Å². The van der Waals surface area contributed by atoms with Crippen LogP contribution in [0.15, 0.2) is 10.4 Å². The van der Waals surface area contributed by atoms with Gasteiger partial charge in [-0.05, 0) is 6.92 Å². The molecule has 0 aromatic carbocycles. The van der Waals surface area contributed by atoms with Gasteiger partial charge in [0.1, 0.15) is 0 Å². The molecule has 1 aromatic rings. The van der Waals surface area contributed by atoms with Crippen LogP contribution in [-0.2, 0) is 14.4 Å². The SMILES string of the molecule is CC(=O)N=c1scc(C)n1N(C(C)=O)C(C)=O. The Morgan fingerprint density at radius 3 is 2.18 bits per heavy atom. The third-order valence-electron chi connectivity index (χ3n) is 1.90. The van der Waals surface area contributed by atoms with E-state index in [1.807, 2.05) is 0 Å². The fourth-order valence-electron chi connectivity index (χ4n) is 1.34. The van der Waals surface area contributed by atoms with Crippen molar-refractivity contribution >= 4 is 29.1 Å². The highest BCUT2D eigenvalue weighted by Gasteiger charge is 2.19. The van der Waals surface area contributed by atoms with E-state index in [1.165, 1.54) is 36.8 Å². The van der Waals surface area contributed by atoms with Gasteiger partial charge in [0.15, 0.2) is 0 Å². The molecular formula is C10H13N3O3S. The lowest BCUT2D eigenvalue weighted by Crippen LogP contribution is -2.47. The van der Waals surface area contributed by atoms with Gasteiger partial charge in [-0.2, -0.15) is 10.0 Å². The zero-order valence-electron chi connectivity index (χ0n) is 10.1. The van der Waals surface area contributed by atoms with Crippen molar-refractivity contribution in [2.75, 3.05) is 5.01 Å². The molecule has 0 aliphatic carbocycles. The molecule has 17 heavy (non-hydrogen) atoms. The third-order valence-corrected chi connectivity index (χ3v) is 2.83. The summed E-state index contributed by atoms with van der Waals surface area (Å²) < 4.78 is 1.34. The maximum atomic E-state index is 11.4. The molecule has 0 aliphatic heterocycles. The molecule has 1 rings (SSSR count). The van der Waals surface area contributed by atoms with Crippen molar-refractivity contribution in [1.29, 1.82) is 0 Å². The molecule has 7 heteroatoms. The van der Waals surface area contributed by atoms with Crippen LogP contribution in [-0.4, -0.2) is 22.4 Å². The molecular weight excluding hydrogens is 242 g/mol. The van der Waals surface area contributed by atoms with E-state index in [1.54, 1.807) is 12.3 Å². The van der Waals surface area contributed by atoms with Crippen LogP contribution >= 0.6 is 11.3 Å². The summed E-state index contributed by atoms with van der Waals surface area (Å²) in [5, 5.41) is 2.67. The van der Waals surface area contributed by atoms with Crippen LogP contribution < -0.4 is 9.81 Å². The number of thiazole rings is 1. The zero-order chi connectivity index (χ0) is 13.2. The number of carbonyl (C=O) groups excluding carboxylic acids is 3. The first-order valence-corrected chi connectivity index (χ1v) is 5.76. The quantitative estimate of drug-likeness (QED) is 0.726. The first-order valence-electron chi connectivity index (χ1n) is 4.88. The van der Waals surface area contributed by atoms with Gasteiger partial charge in [-0.3, -0.25) is 14.4 Å². The first kappa shape index (κ1) is 13.3. The average Bonchev–Trinajstić information content (AvgIpc) is 2.48. The van der Waals surface area contributed by atoms with Crippen molar-refractivity contribution in [1.82, 2.24) is 4.68 Å². The van der Waals surface area contributed by atoms with Crippen LogP contribution in [0.2, 0.25) is 0 Å². The molecule has 0 unspecified atom stereocenters. The summed E-state index contributed by atoms with van der Waals surface area (Å²) in [6.45, 7) is 5.60. The second kappa shape index (κ2) is 5.05. The van der Waals surface area contributed by atoms with Gasteiger partial charge < -0.3 is 0 Å². The summed E-state index contributed by atoms with van der Waals surface area (Å²) in [5.41, 5.74) is 0.667. The minimum atomic E-state index is -0.427. The number of rotatable bonds is 1. The van der Waals surface area contributed by atoms with Crippen LogP contribution in [0.25, 0.3) is 0 Å². The van der Waals surface area contributed by atoms with E-state index in [2.05, 4.69) is 4.99 Å². The highest BCUT2D eigenvalue weighted by molar-refractivity contribution is 7.07. The number of hydrogen-bond donors (Lipinski definition) is 0. The van der Waals surface area contributed by atoms with E-state index >= 15 is 0 Å². The lowest BCUT2D eigenvalue weighted by Gasteiger charge is -2.19. The van der Waals surface area contributed by atoms with Gasteiger partial charge in [0.2, 0.25) is 22.5 Å². The Bertz CT molecular complexity index is 527. The average molecular weight is 255 g/mol. The normalized spacial score (nSPS) is 11.4. The standard InChI is InChI=1S/C10H13N3O3S/c1-6-5-17-10(11-7(2)14)12(6)13(8(3)15)9(4)16/h5H,1-4H3. The van der Waals surface area contributed by atoms with Crippen LogP contribution in [0.3, 0.4) is 0 Å². The van der Waals surface area contributed by atoms with Gasteiger partial charge in [-0.15, -0.1) is 11.3 Å². The molecule has 0 saturated carbocycles. The van der Waals surface area contributed by atoms with Crippen molar-refractivity contribution in [3.8, 4) is 0 Å². The number of nitrogens with zero attached hydrogens (tertiary/aromatic N) is 3. The number of aryl methyl sites for hydroxylation is 1. The fourth-order valence-corrected chi connectivity index (χ4v) is 2.23. The maximum absolute atomic E-state index is 11.4. The topological polar surface area (TPSA) is 71.7 Å². The van der Waals surface area contributed by atoms with Crippen LogP contribution in [0.5, 0.6) is 0 Å². The van der Waals surface area contributed by atoms with Gasteiger partial charge in [0.25, 0.3) is 0 Å². The summed E-state index contributed by atoms with van der Waals surface area (Å²) in [4.78, 5) is 37.9. The van der Waals surface area contributed by atoms with E-state index in [0.29, 0.717) is 10.5 Å². The van der Waals surface area contributed by atoms with Crippen LogP contribution in [0.4, 0.5) is 0 Å². The molecule has 0 N–H and O–H groups in total. The van der Waals surface area contributed by atoms with Gasteiger partial charge in [-0.25, -0.2) is 4.68 Å². The number of carbonyl (C=O) groups is 3. The van der Waals surface area contributed by atoms with Gasteiger partial charge in [0.05, 0.1) is 5.69 Å². The van der Waals surface area contributed by atoms with Crippen molar-refractivity contribution in [3.05, 3.63) is 15.9 Å². The fraction of sp³-hybridized carbons (Fsp3) is 0.400. The molecule has 0 bridgehead atoms. The molecule has 3 amide bonds. The molecule has 1 aromatic heterocycles. The zero-order valence-corrected chi connectivity index (χ0v) is 10.9. The monoisotopic (exact) mass is 255 g/mol. The van der Waals surface area contributed by atoms with Crippen LogP contribution in [0.1, 0.15) is 26.5 Å². The lowest BCUT2D eigenvalue weighted by atomic mass is 10.5. The lowest BCUT2D eigenvalue weighted by molar-refractivity contribution is -0.127. The molecule has 92 valence electrons. The summed E-state index contributed by atoms with van der Waals surface area (Å²) in [6, 6.07) is 0. The minimum absolute atomic E-state index is 0.306. The Morgan fingerprint density at radius 2 is 1.76 bits per heavy atom. The third kappa shape index (κ3) is 2.88. The largest absolute Gasteiger partial charge is 0.273 e. The molecule has 0 fully saturated rings. The first-order chi connectivity index (χ1) is 7.84. The predicted molar refractivity (Wildman–Crippen MR) is 62.9 cm³/mol. The molecule has 0 radical (unpaired) electrons. The Balaban J connectivity index is 3.48. The Hall–Kier alpha value is -1.76. The van der Waals surface area contributed by atoms with Crippen molar-refractivity contribution in [2.45, 2.75) is 27.7 Å². The Kier molecular flexibility index (Phi) is 3.95. The van der Waals surface area contributed by atoms with E-state index in [-0.39, 0.29) is 5.91 Å². The van der Waals surface area contributed by atoms with Crippen molar-refractivity contribution in [2.24, 2.45) is 4.99 Å². The summed E-state index contributed by atoms with van der Waals surface area (Å²) in [5.74, 6) is -1.24. The number of hydrogen-bond acceptors (Lipinski definition) is 4. The second-order valence-electron chi connectivity index (χ2n) is 3.45. The number of amides is 3. The summed E-state index contributed by atoms with van der Waals surface area (Å²) >= 11 is 1.20. The number of imide groups is 1. The van der Waals surface area contributed by atoms with Gasteiger partial charge >= 0.3 is 0 Å². The number of aromatic nitrogens is 1.